The van der Waals surface area contributed by atoms with Crippen molar-refractivity contribution in [3.8, 4) is 0 Å². The maximum Gasteiger partial charge on any atom is 0.332 e. The van der Waals surface area contributed by atoms with Gasteiger partial charge < -0.3 is 21.5 Å². The average molecular weight is 165 g/mol. The van der Waals surface area contributed by atoms with Crippen LogP contribution in [0.4, 0.5) is 0 Å². The second-order valence-corrected chi connectivity index (χ2v) is 2.07. The van der Waals surface area contributed by atoms with Crippen molar-refractivity contribution < 1.29 is 20.1 Å². The first-order chi connectivity index (χ1) is 4.68. The molecule has 0 aromatic heterocycles. The Balaban J connectivity index is 0. The summed E-state index contributed by atoms with van der Waals surface area (Å²) in [4.78, 5) is 9.98. The summed E-state index contributed by atoms with van der Waals surface area (Å²) in [5.74, 6) is -1.20. The molecule has 6 N–H and O–H groups in total. The van der Waals surface area contributed by atoms with Crippen LogP contribution < -0.4 is 6.15 Å². The van der Waals surface area contributed by atoms with Crippen LogP contribution in [0.15, 0.2) is 0 Å². The molecule has 0 bridgehead atoms. The molecule has 0 amide bonds. The van der Waals surface area contributed by atoms with E-state index in [-0.39, 0.29) is 19.2 Å². The van der Waals surface area contributed by atoms with Crippen molar-refractivity contribution in [2.45, 2.75) is 25.4 Å². The van der Waals surface area contributed by atoms with Crippen LogP contribution in [0.1, 0.15) is 19.3 Å². The molecule has 0 aliphatic carbocycles. The molecule has 0 aliphatic rings. The first-order valence-electron chi connectivity index (χ1n) is 3.20. The zero-order valence-corrected chi connectivity index (χ0v) is 6.36. The van der Waals surface area contributed by atoms with Crippen molar-refractivity contribution in [3.05, 3.63) is 0 Å². The molecule has 1 atom stereocenters. The fourth-order valence-corrected chi connectivity index (χ4v) is 0.573. The SMILES string of the molecule is N.O=C(O)C(O)CCCCO. The minimum Gasteiger partial charge on any atom is -0.479 e. The van der Waals surface area contributed by atoms with Crippen LogP contribution in [-0.2, 0) is 4.79 Å². The molecule has 5 heteroatoms. The van der Waals surface area contributed by atoms with E-state index in [1.54, 1.807) is 0 Å². The molecule has 0 aromatic rings. The number of hydrogen-bond donors (Lipinski definition) is 4. The second kappa shape index (κ2) is 7.46. The molecule has 0 saturated heterocycles. The monoisotopic (exact) mass is 165 g/mol. The highest BCUT2D eigenvalue weighted by Gasteiger charge is 2.10. The fraction of sp³-hybridized carbons (Fsp3) is 0.833. The van der Waals surface area contributed by atoms with Gasteiger partial charge in [0.25, 0.3) is 0 Å². The molecule has 0 aliphatic heterocycles. The molecular weight excluding hydrogens is 150 g/mol. The predicted molar refractivity (Wildman–Crippen MR) is 39.6 cm³/mol. The van der Waals surface area contributed by atoms with Gasteiger partial charge in [0.15, 0.2) is 6.10 Å². The van der Waals surface area contributed by atoms with Crippen LogP contribution in [0.2, 0.25) is 0 Å². The molecule has 0 aromatic carbocycles. The Morgan fingerprint density at radius 2 is 1.91 bits per heavy atom. The Morgan fingerprint density at radius 3 is 2.27 bits per heavy atom. The number of hydrogen-bond acceptors (Lipinski definition) is 4. The maximum absolute atomic E-state index is 9.98. The lowest BCUT2D eigenvalue weighted by Crippen LogP contribution is -2.18. The first kappa shape index (κ1) is 13.0. The Morgan fingerprint density at radius 1 is 1.36 bits per heavy atom. The van der Waals surface area contributed by atoms with Crippen LogP contribution >= 0.6 is 0 Å². The molecule has 0 fully saturated rings. The summed E-state index contributed by atoms with van der Waals surface area (Å²) >= 11 is 0. The molecule has 0 saturated carbocycles. The lowest BCUT2D eigenvalue weighted by atomic mass is 10.1. The third-order valence-corrected chi connectivity index (χ3v) is 1.17. The topological polar surface area (TPSA) is 113 Å². The zero-order valence-electron chi connectivity index (χ0n) is 6.36. The number of carbonyl (C=O) groups is 1. The van der Waals surface area contributed by atoms with E-state index in [9.17, 15) is 4.79 Å². The van der Waals surface area contributed by atoms with Crippen LogP contribution in [0.3, 0.4) is 0 Å². The summed E-state index contributed by atoms with van der Waals surface area (Å²) in [6, 6.07) is 0. The smallest absolute Gasteiger partial charge is 0.332 e. The van der Waals surface area contributed by atoms with E-state index in [4.69, 9.17) is 15.3 Å². The van der Waals surface area contributed by atoms with Crippen molar-refractivity contribution in [2.75, 3.05) is 6.61 Å². The number of aliphatic hydroxyl groups is 2. The van der Waals surface area contributed by atoms with E-state index in [1.165, 1.54) is 0 Å². The van der Waals surface area contributed by atoms with Crippen molar-refractivity contribution in [3.63, 3.8) is 0 Å². The standard InChI is InChI=1S/C6H12O4.H3N/c7-4-2-1-3-5(8)6(9)10;/h5,7-8H,1-4H2,(H,9,10);1H3. The van der Waals surface area contributed by atoms with Gasteiger partial charge in [0.2, 0.25) is 0 Å². The second-order valence-electron chi connectivity index (χ2n) is 2.07. The largest absolute Gasteiger partial charge is 0.479 e. The first-order valence-corrected chi connectivity index (χ1v) is 3.20. The van der Waals surface area contributed by atoms with Gasteiger partial charge in [-0.05, 0) is 19.3 Å². The molecule has 0 heterocycles. The minimum atomic E-state index is -1.27. The van der Waals surface area contributed by atoms with E-state index in [0.717, 1.165) is 0 Å². The number of aliphatic hydroxyl groups excluding tert-OH is 2. The lowest BCUT2D eigenvalue weighted by molar-refractivity contribution is -0.147. The zero-order chi connectivity index (χ0) is 7.98. The molecular formula is C6H15NO4. The molecule has 0 spiro atoms. The van der Waals surface area contributed by atoms with Gasteiger partial charge >= 0.3 is 5.97 Å². The third-order valence-electron chi connectivity index (χ3n) is 1.17. The third kappa shape index (κ3) is 7.24. The lowest BCUT2D eigenvalue weighted by Gasteiger charge is -2.02. The predicted octanol–water partition coefficient (Wildman–Crippen LogP) is -0.244. The average Bonchev–Trinajstić information content (AvgIpc) is 1.88. The number of aliphatic carboxylic acids is 1. The summed E-state index contributed by atoms with van der Waals surface area (Å²) < 4.78 is 0. The van der Waals surface area contributed by atoms with E-state index in [2.05, 4.69) is 0 Å². The molecule has 0 radical (unpaired) electrons. The number of rotatable bonds is 5. The summed E-state index contributed by atoms with van der Waals surface area (Å²) in [6.07, 6.45) is 0.0380. The molecule has 5 nitrogen and oxygen atoms in total. The van der Waals surface area contributed by atoms with E-state index >= 15 is 0 Å². The van der Waals surface area contributed by atoms with E-state index in [1.807, 2.05) is 0 Å². The summed E-state index contributed by atoms with van der Waals surface area (Å²) in [5, 5.41) is 25.1. The van der Waals surface area contributed by atoms with Gasteiger partial charge in [0.05, 0.1) is 0 Å². The van der Waals surface area contributed by atoms with Crippen molar-refractivity contribution in [2.24, 2.45) is 0 Å². The highest BCUT2D eigenvalue weighted by Crippen LogP contribution is 1.99. The van der Waals surface area contributed by atoms with Gasteiger partial charge in [0, 0.05) is 6.61 Å². The van der Waals surface area contributed by atoms with Crippen LogP contribution in [-0.4, -0.2) is 34.0 Å². The van der Waals surface area contributed by atoms with E-state index < -0.39 is 12.1 Å². The van der Waals surface area contributed by atoms with Crippen LogP contribution in [0.5, 0.6) is 0 Å². The van der Waals surface area contributed by atoms with Gasteiger partial charge in [0.1, 0.15) is 0 Å². The van der Waals surface area contributed by atoms with Crippen molar-refractivity contribution >= 4 is 5.97 Å². The fourth-order valence-electron chi connectivity index (χ4n) is 0.573. The van der Waals surface area contributed by atoms with Crippen molar-refractivity contribution in [1.82, 2.24) is 6.15 Å². The normalized spacial score (nSPS) is 11.8. The Kier molecular flexibility index (Phi) is 8.80. The van der Waals surface area contributed by atoms with Crippen LogP contribution in [0, 0.1) is 0 Å². The molecule has 68 valence electrons. The van der Waals surface area contributed by atoms with Gasteiger partial charge in [-0.25, -0.2) is 4.79 Å². The van der Waals surface area contributed by atoms with Crippen molar-refractivity contribution in [1.29, 1.82) is 0 Å². The Hall–Kier alpha value is -0.650. The molecule has 11 heavy (non-hydrogen) atoms. The maximum atomic E-state index is 9.98. The summed E-state index contributed by atoms with van der Waals surface area (Å²) in [7, 11) is 0. The quantitative estimate of drug-likeness (QED) is 0.420. The van der Waals surface area contributed by atoms with Gasteiger partial charge in [-0.3, -0.25) is 0 Å². The Labute approximate surface area is 65.2 Å². The molecule has 1 unspecified atom stereocenters. The highest BCUT2D eigenvalue weighted by atomic mass is 16.4. The van der Waals surface area contributed by atoms with Gasteiger partial charge in [-0.2, -0.15) is 0 Å². The summed E-state index contributed by atoms with van der Waals surface area (Å²) in [6.45, 7) is 0.0480. The Bertz CT molecular complexity index is 107. The number of carboxylic acids is 1. The minimum absolute atomic E-state index is 0. The van der Waals surface area contributed by atoms with Crippen LogP contribution in [0.25, 0.3) is 0 Å². The van der Waals surface area contributed by atoms with E-state index in [0.29, 0.717) is 12.8 Å². The summed E-state index contributed by atoms with van der Waals surface area (Å²) in [5.41, 5.74) is 0. The highest BCUT2D eigenvalue weighted by molar-refractivity contribution is 5.71. The van der Waals surface area contributed by atoms with Gasteiger partial charge in [-0.1, -0.05) is 0 Å². The van der Waals surface area contributed by atoms with Gasteiger partial charge in [-0.15, -0.1) is 0 Å². The number of unbranched alkanes of at least 4 members (excludes halogenated alkanes) is 1. The number of carboxylic acid groups (broad SMARTS) is 1. The molecule has 0 rings (SSSR count).